The van der Waals surface area contributed by atoms with E-state index >= 15 is 0 Å². The van der Waals surface area contributed by atoms with Crippen LogP contribution in [0, 0.1) is 0 Å². The fourth-order valence-electron chi connectivity index (χ4n) is 6.32. The highest BCUT2D eigenvalue weighted by Gasteiger charge is 2.51. The molecule has 0 spiro atoms. The van der Waals surface area contributed by atoms with Crippen molar-refractivity contribution in [1.29, 1.82) is 0 Å². The number of ether oxygens (including phenoxy) is 2. The number of fused-ring (bicyclic) bond motifs is 1. The van der Waals surface area contributed by atoms with Crippen LogP contribution in [-0.2, 0) is 25.2 Å². The lowest BCUT2D eigenvalue weighted by Gasteiger charge is -2.32. The van der Waals surface area contributed by atoms with Gasteiger partial charge >= 0.3 is 7.12 Å². The Labute approximate surface area is 327 Å². The summed E-state index contributed by atoms with van der Waals surface area (Å²) in [5.74, 6) is 0. The number of benzene rings is 3. The fourth-order valence-corrected chi connectivity index (χ4v) is 6.58. The number of imidazole rings is 1. The number of aliphatic hydroxyl groups is 4. The second kappa shape index (κ2) is 15.6. The number of nitrogens with one attached hydrogen (secondary N) is 1. The molecule has 13 heteroatoms. The summed E-state index contributed by atoms with van der Waals surface area (Å²) < 4.78 is 23.3. The summed E-state index contributed by atoms with van der Waals surface area (Å²) >= 11 is 6.56. The molecule has 2 aliphatic rings. The van der Waals surface area contributed by atoms with E-state index in [0.29, 0.717) is 28.3 Å². The zero-order valence-electron chi connectivity index (χ0n) is 32.6. The minimum Gasteiger partial charge on any atom is -0.459 e. The molecule has 0 amide bonds. The van der Waals surface area contributed by atoms with E-state index in [1.165, 1.54) is 0 Å². The second-order valence-electron chi connectivity index (χ2n) is 16.3. The van der Waals surface area contributed by atoms with Gasteiger partial charge in [-0.15, -0.1) is 0 Å². The third-order valence-electron chi connectivity index (χ3n) is 10.5. The molecule has 0 radical (unpaired) electrons. The number of pyridine rings is 1. The number of aromatic nitrogens is 3. The van der Waals surface area contributed by atoms with Gasteiger partial charge in [0.2, 0.25) is 0 Å². The lowest BCUT2D eigenvalue weighted by atomic mass is 9.78. The van der Waals surface area contributed by atoms with Gasteiger partial charge in [-0.2, -0.15) is 4.98 Å². The quantitative estimate of drug-likeness (QED) is 0.114. The van der Waals surface area contributed by atoms with E-state index in [9.17, 15) is 20.4 Å². The minimum absolute atomic E-state index is 0.237. The first-order valence-electron chi connectivity index (χ1n) is 18.5. The van der Waals surface area contributed by atoms with Crippen LogP contribution in [0.2, 0.25) is 5.02 Å². The number of rotatable bonds is 8. The van der Waals surface area contributed by atoms with Gasteiger partial charge in [0, 0.05) is 12.0 Å². The monoisotopic (exact) mass is 771 g/mol. The molecule has 292 valence electrons. The Balaban J connectivity index is 0.000000228. The summed E-state index contributed by atoms with van der Waals surface area (Å²) in [6.45, 7) is 15.2. The van der Waals surface area contributed by atoms with Crippen molar-refractivity contribution in [2.75, 3.05) is 13.2 Å². The zero-order valence-corrected chi connectivity index (χ0v) is 33.4. The Morgan fingerprint density at radius 1 is 0.818 bits per heavy atom. The molecule has 2 fully saturated rings. The molecule has 0 unspecified atom stereocenters. The summed E-state index contributed by atoms with van der Waals surface area (Å²) in [5.41, 5.74) is 4.98. The molecule has 0 saturated carbocycles. The number of hydrogen-bond donors (Lipinski definition) is 5. The maximum absolute atomic E-state index is 10.2. The largest absolute Gasteiger partial charge is 0.494 e. The smallest absolute Gasteiger partial charge is 0.459 e. The summed E-state index contributed by atoms with van der Waals surface area (Å²) in [4.78, 5) is 12.1. The van der Waals surface area contributed by atoms with Gasteiger partial charge in [0.25, 0.3) is 6.01 Å². The minimum atomic E-state index is -0.880. The Morgan fingerprint density at radius 2 is 1.33 bits per heavy atom. The van der Waals surface area contributed by atoms with Crippen molar-refractivity contribution in [2.45, 2.75) is 103 Å². The maximum Gasteiger partial charge on any atom is 0.494 e. The predicted molar refractivity (Wildman–Crippen MR) is 214 cm³/mol. The number of hydrogen-bond acceptors (Lipinski definition) is 10. The molecular formula is C42H51BClN3O8. The van der Waals surface area contributed by atoms with Crippen LogP contribution in [0.3, 0.4) is 0 Å². The van der Waals surface area contributed by atoms with Crippen molar-refractivity contribution in [1.82, 2.24) is 15.0 Å². The topological polar surface area (TPSA) is 159 Å². The Kier molecular flexibility index (Phi) is 11.6. The van der Waals surface area contributed by atoms with E-state index in [-0.39, 0.29) is 37.5 Å². The highest BCUT2D eigenvalue weighted by molar-refractivity contribution is 6.62. The summed E-state index contributed by atoms with van der Waals surface area (Å²) in [5, 5.41) is 39.9. The maximum atomic E-state index is 10.2. The molecule has 0 aliphatic carbocycles. The third-order valence-corrected chi connectivity index (χ3v) is 10.8. The Bertz CT molecular complexity index is 2060. The van der Waals surface area contributed by atoms with Crippen molar-refractivity contribution in [3.8, 4) is 28.4 Å². The number of halogens is 1. The first kappa shape index (κ1) is 40.8. The van der Waals surface area contributed by atoms with E-state index in [0.717, 1.165) is 33.3 Å². The molecular weight excluding hydrogens is 721 g/mol. The standard InChI is InChI=1S/C27H28ClN3O5.C15H23BO3/c1-27(2,34)18-9-7-16(8-10-18)15-3-5-17(6-4-15)24-20(28)12-21-25(30-24)31-26(29-21)36-19-11-22(33)23(13-32)35-14-19;1-13(2,17)11-7-9-12(10-8-11)16-18-14(3,4)15(5,6)19-16/h3-10,12,19,22-23,32-34H,11,13-14H2,1-2H3,(H,29,30,31);7-10,17H,1-6H3/t19-,22+,23-;/m1./s1. The Morgan fingerprint density at radius 3 is 1.84 bits per heavy atom. The van der Waals surface area contributed by atoms with Gasteiger partial charge in [-0.1, -0.05) is 84.4 Å². The van der Waals surface area contributed by atoms with Crippen LogP contribution in [0.15, 0.2) is 78.9 Å². The third kappa shape index (κ3) is 9.25. The lowest BCUT2D eigenvalue weighted by Crippen LogP contribution is -2.45. The van der Waals surface area contributed by atoms with Crippen LogP contribution in [0.25, 0.3) is 33.5 Å². The van der Waals surface area contributed by atoms with E-state index in [1.807, 2.05) is 100 Å². The molecule has 2 aromatic heterocycles. The van der Waals surface area contributed by atoms with Gasteiger partial charge in [-0.3, -0.25) is 0 Å². The number of nitrogens with zero attached hydrogens (tertiary/aromatic N) is 2. The fraction of sp³-hybridized carbons (Fsp3) is 0.429. The highest BCUT2D eigenvalue weighted by atomic mass is 35.5. The van der Waals surface area contributed by atoms with Gasteiger partial charge in [0.15, 0.2) is 5.65 Å². The van der Waals surface area contributed by atoms with Gasteiger partial charge in [0.05, 0.1) is 58.0 Å². The van der Waals surface area contributed by atoms with Crippen LogP contribution in [0.5, 0.6) is 6.01 Å². The van der Waals surface area contributed by atoms with E-state index in [4.69, 9.17) is 30.4 Å². The van der Waals surface area contributed by atoms with Crippen LogP contribution in [-0.4, -0.2) is 85.2 Å². The second-order valence-corrected chi connectivity index (χ2v) is 16.7. The van der Waals surface area contributed by atoms with Crippen LogP contribution in [0.1, 0.15) is 72.9 Å². The summed E-state index contributed by atoms with van der Waals surface area (Å²) in [6, 6.07) is 25.5. The SMILES string of the molecule is CC(C)(O)c1ccc(-c2ccc(-c3nc4nc(O[C@H]5CO[C@H](CO)[C@@H](O)C5)[nH]c4cc3Cl)cc2)cc1.CC(C)(O)c1ccc(B2OC(C)(C)C(C)(C)O2)cc1. The molecule has 5 N–H and O–H groups in total. The summed E-state index contributed by atoms with van der Waals surface area (Å²) in [6.07, 6.45) is -1.47. The summed E-state index contributed by atoms with van der Waals surface area (Å²) in [7, 11) is -0.346. The van der Waals surface area contributed by atoms with Crippen molar-refractivity contribution in [2.24, 2.45) is 0 Å². The molecule has 11 nitrogen and oxygen atoms in total. The Hall–Kier alpha value is -3.85. The van der Waals surface area contributed by atoms with Crippen molar-refractivity contribution >= 4 is 35.3 Å². The molecule has 5 aromatic rings. The first-order valence-corrected chi connectivity index (χ1v) is 18.9. The molecule has 2 saturated heterocycles. The number of H-pyrrole nitrogens is 1. The number of aliphatic hydroxyl groups excluding tert-OH is 2. The van der Waals surface area contributed by atoms with Crippen LogP contribution < -0.4 is 10.2 Å². The average Bonchev–Trinajstić information content (AvgIpc) is 3.61. The first-order chi connectivity index (χ1) is 25.7. The zero-order chi connectivity index (χ0) is 39.9. The average molecular weight is 772 g/mol. The van der Waals surface area contributed by atoms with Gasteiger partial charge < -0.3 is 44.2 Å². The normalized spacial score (nSPS) is 21.0. The lowest BCUT2D eigenvalue weighted by molar-refractivity contribution is -0.131. The van der Waals surface area contributed by atoms with E-state index in [1.54, 1.807) is 33.8 Å². The van der Waals surface area contributed by atoms with Crippen LogP contribution >= 0.6 is 11.6 Å². The molecule has 55 heavy (non-hydrogen) atoms. The van der Waals surface area contributed by atoms with E-state index in [2.05, 4.69) is 15.0 Å². The molecule has 0 bridgehead atoms. The van der Waals surface area contributed by atoms with Crippen molar-refractivity contribution < 1.29 is 39.2 Å². The predicted octanol–water partition coefficient (Wildman–Crippen LogP) is 6.28. The van der Waals surface area contributed by atoms with Crippen LogP contribution in [0.4, 0.5) is 0 Å². The molecule has 3 aromatic carbocycles. The molecule has 4 heterocycles. The van der Waals surface area contributed by atoms with Gasteiger partial charge in [-0.25, -0.2) is 4.98 Å². The van der Waals surface area contributed by atoms with Crippen molar-refractivity contribution in [3.63, 3.8) is 0 Å². The van der Waals surface area contributed by atoms with Crippen molar-refractivity contribution in [3.05, 3.63) is 95.0 Å². The molecule has 7 rings (SSSR count). The van der Waals surface area contributed by atoms with Gasteiger partial charge in [-0.05, 0) is 89.2 Å². The molecule has 3 atom stereocenters. The van der Waals surface area contributed by atoms with Gasteiger partial charge in [0.1, 0.15) is 12.2 Å². The number of aromatic amines is 1. The highest BCUT2D eigenvalue weighted by Crippen LogP contribution is 2.37. The van der Waals surface area contributed by atoms with E-state index < -0.39 is 29.5 Å². The molecule has 2 aliphatic heterocycles.